The van der Waals surface area contributed by atoms with Gasteiger partial charge in [0.2, 0.25) is 0 Å². The number of aliphatic hydroxyl groups excluding tert-OH is 1. The maximum Gasteiger partial charge on any atom is 0.192 e. The molecule has 0 spiro atoms. The van der Waals surface area contributed by atoms with Gasteiger partial charge in [-0.15, -0.1) is 0 Å². The van der Waals surface area contributed by atoms with Crippen LogP contribution in [0.5, 0.6) is 0 Å². The first-order valence-corrected chi connectivity index (χ1v) is 9.17. The Labute approximate surface area is 99.8 Å². The molecule has 0 aromatic rings. The first kappa shape index (κ1) is 12.3. The maximum absolute atomic E-state index is 9.87. The summed E-state index contributed by atoms with van der Waals surface area (Å²) in [7, 11) is -1.68. The van der Waals surface area contributed by atoms with E-state index in [-0.39, 0.29) is 17.2 Å². The van der Waals surface area contributed by atoms with E-state index < -0.39 is 8.32 Å². The Kier molecular flexibility index (Phi) is 2.84. The lowest BCUT2D eigenvalue weighted by atomic mass is 9.84. The van der Waals surface area contributed by atoms with Crippen molar-refractivity contribution in [1.82, 2.24) is 0 Å². The topological polar surface area (TPSA) is 29.5 Å². The first-order valence-electron chi connectivity index (χ1n) is 6.26. The molecule has 2 aliphatic carbocycles. The fraction of sp³-hybridized carbons (Fsp3) is 0.846. The molecule has 0 amide bonds. The van der Waals surface area contributed by atoms with Crippen molar-refractivity contribution in [3.05, 3.63) is 12.2 Å². The molecule has 0 radical (unpaired) electrons. The molecule has 0 saturated heterocycles. The van der Waals surface area contributed by atoms with E-state index in [0.29, 0.717) is 11.8 Å². The molecule has 0 aliphatic heterocycles. The Balaban J connectivity index is 2.04. The van der Waals surface area contributed by atoms with E-state index in [4.69, 9.17) is 4.43 Å². The molecule has 2 aliphatic rings. The molecule has 92 valence electrons. The number of aliphatic hydroxyl groups is 1. The fourth-order valence-corrected chi connectivity index (χ4v) is 3.72. The van der Waals surface area contributed by atoms with E-state index in [0.717, 1.165) is 6.42 Å². The second-order valence-electron chi connectivity index (χ2n) is 6.76. The van der Waals surface area contributed by atoms with Gasteiger partial charge in [0.05, 0.1) is 12.2 Å². The molecule has 0 aromatic carbocycles. The Morgan fingerprint density at radius 3 is 2.12 bits per heavy atom. The average Bonchev–Trinajstić information content (AvgIpc) is 2.15. The Bertz CT molecular complexity index is 304. The zero-order valence-corrected chi connectivity index (χ0v) is 12.0. The largest absolute Gasteiger partial charge is 0.413 e. The molecule has 2 unspecified atom stereocenters. The van der Waals surface area contributed by atoms with Crippen molar-refractivity contribution in [3.63, 3.8) is 0 Å². The van der Waals surface area contributed by atoms with Crippen LogP contribution in [0.15, 0.2) is 12.2 Å². The molecule has 0 bridgehead atoms. The highest BCUT2D eigenvalue weighted by molar-refractivity contribution is 6.74. The molecule has 4 atom stereocenters. The van der Waals surface area contributed by atoms with Crippen LogP contribution in [0, 0.1) is 11.8 Å². The van der Waals surface area contributed by atoms with Crippen molar-refractivity contribution >= 4 is 8.32 Å². The van der Waals surface area contributed by atoms with Crippen molar-refractivity contribution in [3.8, 4) is 0 Å². The molecule has 1 saturated carbocycles. The van der Waals surface area contributed by atoms with E-state index in [1.54, 1.807) is 0 Å². The van der Waals surface area contributed by atoms with Crippen LogP contribution >= 0.6 is 0 Å². The highest BCUT2D eigenvalue weighted by Crippen LogP contribution is 2.46. The van der Waals surface area contributed by atoms with Crippen molar-refractivity contribution in [2.75, 3.05) is 0 Å². The van der Waals surface area contributed by atoms with Crippen LogP contribution in [0.2, 0.25) is 18.1 Å². The third-order valence-electron chi connectivity index (χ3n) is 4.60. The van der Waals surface area contributed by atoms with Crippen molar-refractivity contribution in [2.24, 2.45) is 11.8 Å². The summed E-state index contributed by atoms with van der Waals surface area (Å²) >= 11 is 0. The minimum absolute atomic E-state index is 0.176. The normalized spacial score (nSPS) is 38.4. The first-order chi connectivity index (χ1) is 7.22. The van der Waals surface area contributed by atoms with Crippen molar-refractivity contribution < 1.29 is 9.53 Å². The van der Waals surface area contributed by atoms with Gasteiger partial charge in [0, 0.05) is 11.8 Å². The highest BCUT2D eigenvalue weighted by atomic mass is 28.4. The minimum atomic E-state index is -1.68. The maximum atomic E-state index is 9.87. The minimum Gasteiger partial charge on any atom is -0.413 e. The van der Waals surface area contributed by atoms with Gasteiger partial charge in [0.25, 0.3) is 0 Å². The van der Waals surface area contributed by atoms with Gasteiger partial charge in [-0.2, -0.15) is 0 Å². The van der Waals surface area contributed by atoms with Gasteiger partial charge < -0.3 is 9.53 Å². The summed E-state index contributed by atoms with van der Waals surface area (Å²) in [6.07, 6.45) is 5.23. The zero-order valence-electron chi connectivity index (χ0n) is 11.0. The standard InChI is InChI=1S/C13H24O2Si/c1-13(2,3)16(4,5)15-12-8-11(14)9-6-7-10(9)12/h6-7,9-12,14H,8H2,1-5H3/t9?,10?,11-,12-/m1/s1. The zero-order chi connectivity index (χ0) is 12.1. The monoisotopic (exact) mass is 240 g/mol. The van der Waals surface area contributed by atoms with E-state index in [9.17, 15) is 5.11 Å². The van der Waals surface area contributed by atoms with Crippen LogP contribution in [0.1, 0.15) is 27.2 Å². The number of hydrogen-bond acceptors (Lipinski definition) is 2. The number of rotatable bonds is 2. The smallest absolute Gasteiger partial charge is 0.192 e. The number of hydrogen-bond donors (Lipinski definition) is 1. The van der Waals surface area contributed by atoms with Crippen molar-refractivity contribution in [1.29, 1.82) is 0 Å². The lowest BCUT2D eigenvalue weighted by molar-refractivity contribution is 0.132. The van der Waals surface area contributed by atoms with E-state index in [1.165, 1.54) is 0 Å². The third-order valence-corrected chi connectivity index (χ3v) is 9.10. The molecule has 3 heteroatoms. The SMILES string of the molecule is CC(C)(C)[Si](C)(C)O[C@@H]1C[C@@H](O)C2C=CC21. The van der Waals surface area contributed by atoms with Gasteiger partial charge in [-0.25, -0.2) is 0 Å². The summed E-state index contributed by atoms with van der Waals surface area (Å²) < 4.78 is 6.40. The predicted octanol–water partition coefficient (Wildman–Crippen LogP) is 2.94. The Morgan fingerprint density at radius 2 is 1.75 bits per heavy atom. The lowest BCUT2D eigenvalue weighted by Crippen LogP contribution is -2.45. The lowest BCUT2D eigenvalue weighted by Gasteiger charge is -2.40. The second kappa shape index (κ2) is 3.69. The van der Waals surface area contributed by atoms with Crippen LogP contribution in [0.3, 0.4) is 0 Å². The van der Waals surface area contributed by atoms with Gasteiger partial charge in [-0.1, -0.05) is 32.9 Å². The summed E-state index contributed by atoms with van der Waals surface area (Å²) in [5, 5.41) is 10.1. The van der Waals surface area contributed by atoms with Gasteiger partial charge in [0.1, 0.15) is 0 Å². The average molecular weight is 240 g/mol. The summed E-state index contributed by atoms with van der Waals surface area (Å²) in [5.41, 5.74) is 0. The van der Waals surface area contributed by atoms with E-state index >= 15 is 0 Å². The van der Waals surface area contributed by atoms with Gasteiger partial charge in [-0.05, 0) is 24.6 Å². The summed E-state index contributed by atoms with van der Waals surface area (Å²) in [5.74, 6) is 0.846. The van der Waals surface area contributed by atoms with E-state index in [2.05, 4.69) is 46.0 Å². The third kappa shape index (κ3) is 1.89. The number of fused-ring (bicyclic) bond motifs is 1. The molecular formula is C13H24O2Si. The second-order valence-corrected chi connectivity index (χ2v) is 11.5. The molecule has 16 heavy (non-hydrogen) atoms. The quantitative estimate of drug-likeness (QED) is 0.594. The molecule has 0 aromatic heterocycles. The van der Waals surface area contributed by atoms with E-state index in [1.807, 2.05) is 0 Å². The van der Waals surface area contributed by atoms with Crippen LogP contribution in [0.25, 0.3) is 0 Å². The predicted molar refractivity (Wildman–Crippen MR) is 68.8 cm³/mol. The fourth-order valence-electron chi connectivity index (χ4n) is 2.36. The van der Waals surface area contributed by atoms with Crippen LogP contribution in [-0.4, -0.2) is 25.6 Å². The molecule has 2 nitrogen and oxygen atoms in total. The Morgan fingerprint density at radius 1 is 1.19 bits per heavy atom. The molecular weight excluding hydrogens is 216 g/mol. The molecule has 1 N–H and O–H groups in total. The summed E-state index contributed by atoms with van der Waals surface area (Å²) in [6, 6.07) is 0. The van der Waals surface area contributed by atoms with Crippen molar-refractivity contribution in [2.45, 2.75) is 57.5 Å². The summed E-state index contributed by atoms with van der Waals surface area (Å²) in [4.78, 5) is 0. The van der Waals surface area contributed by atoms with Crippen LogP contribution < -0.4 is 0 Å². The summed E-state index contributed by atoms with van der Waals surface area (Å²) in [6.45, 7) is 11.4. The highest BCUT2D eigenvalue weighted by Gasteiger charge is 2.48. The van der Waals surface area contributed by atoms with Gasteiger partial charge >= 0.3 is 0 Å². The van der Waals surface area contributed by atoms with Crippen LogP contribution in [0.4, 0.5) is 0 Å². The van der Waals surface area contributed by atoms with Gasteiger partial charge in [-0.3, -0.25) is 0 Å². The van der Waals surface area contributed by atoms with Crippen LogP contribution in [-0.2, 0) is 4.43 Å². The molecule has 0 heterocycles. The van der Waals surface area contributed by atoms with Gasteiger partial charge in [0.15, 0.2) is 8.32 Å². The Hall–Kier alpha value is -0.123. The molecule has 2 rings (SSSR count). The molecule has 1 fully saturated rings.